The summed E-state index contributed by atoms with van der Waals surface area (Å²) < 4.78 is 0. The number of primary amides is 1. The van der Waals surface area contributed by atoms with Gasteiger partial charge in [0, 0.05) is 13.1 Å². The van der Waals surface area contributed by atoms with Gasteiger partial charge in [0.25, 0.3) is 0 Å². The molecule has 20 heavy (non-hydrogen) atoms. The third-order valence-electron chi connectivity index (χ3n) is 2.63. The second kappa shape index (κ2) is 7.13. The Morgan fingerprint density at radius 2 is 2.05 bits per heavy atom. The molecule has 1 aromatic carbocycles. The zero-order chi connectivity index (χ0) is 15.1. The van der Waals surface area contributed by atoms with Gasteiger partial charge >= 0.3 is 12.0 Å². The number of aromatic carboxylic acids is 1. The molecule has 0 spiro atoms. The van der Waals surface area contributed by atoms with Crippen LogP contribution in [0.15, 0.2) is 24.3 Å². The van der Waals surface area contributed by atoms with Gasteiger partial charge in [0.05, 0.1) is 5.56 Å². The van der Waals surface area contributed by atoms with Crippen LogP contribution in [-0.2, 0) is 11.3 Å². The zero-order valence-corrected chi connectivity index (χ0v) is 11.1. The molecule has 108 valence electrons. The van der Waals surface area contributed by atoms with Crippen molar-refractivity contribution >= 4 is 17.9 Å². The van der Waals surface area contributed by atoms with Gasteiger partial charge in [-0.05, 0) is 24.6 Å². The predicted octanol–water partition coefficient (Wildman–Crippen LogP) is 0.402. The molecule has 0 aliphatic heterocycles. The van der Waals surface area contributed by atoms with Crippen LogP contribution in [0, 0.1) is 0 Å². The van der Waals surface area contributed by atoms with Gasteiger partial charge in [-0.2, -0.15) is 0 Å². The number of nitrogens with one attached hydrogen (secondary N) is 1. The largest absolute Gasteiger partial charge is 0.478 e. The summed E-state index contributed by atoms with van der Waals surface area (Å²) in [6, 6.07) is 5.83. The van der Waals surface area contributed by atoms with Gasteiger partial charge < -0.3 is 21.1 Å². The predicted molar refractivity (Wildman–Crippen MR) is 72.1 cm³/mol. The topological polar surface area (TPSA) is 113 Å². The Morgan fingerprint density at radius 1 is 1.35 bits per heavy atom. The number of carboxylic acids is 1. The molecule has 0 radical (unpaired) electrons. The van der Waals surface area contributed by atoms with Crippen molar-refractivity contribution in [2.75, 3.05) is 13.1 Å². The van der Waals surface area contributed by atoms with E-state index in [-0.39, 0.29) is 18.7 Å². The maximum absolute atomic E-state index is 11.8. The summed E-state index contributed by atoms with van der Waals surface area (Å²) in [5, 5.41) is 11.5. The molecule has 1 aromatic rings. The van der Waals surface area contributed by atoms with Crippen molar-refractivity contribution in [1.82, 2.24) is 10.2 Å². The van der Waals surface area contributed by atoms with Crippen LogP contribution in [0.25, 0.3) is 0 Å². The summed E-state index contributed by atoms with van der Waals surface area (Å²) >= 11 is 0. The number of urea groups is 1. The first-order chi connectivity index (χ1) is 9.43. The minimum atomic E-state index is -1.03. The Morgan fingerprint density at radius 3 is 2.60 bits per heavy atom. The minimum absolute atomic E-state index is 0.154. The minimum Gasteiger partial charge on any atom is -0.478 e. The Balaban J connectivity index is 2.62. The van der Waals surface area contributed by atoms with Crippen LogP contribution in [0.5, 0.6) is 0 Å². The average molecular weight is 279 g/mol. The molecule has 0 bridgehead atoms. The van der Waals surface area contributed by atoms with Crippen LogP contribution in [0.4, 0.5) is 4.79 Å². The van der Waals surface area contributed by atoms with E-state index in [0.717, 1.165) is 0 Å². The van der Waals surface area contributed by atoms with Crippen LogP contribution in [0.3, 0.4) is 0 Å². The van der Waals surface area contributed by atoms with Crippen LogP contribution in [0.1, 0.15) is 22.8 Å². The average Bonchev–Trinajstić information content (AvgIpc) is 2.42. The number of likely N-dealkylation sites (N-methyl/N-ethyl adjacent to an activating group) is 1. The van der Waals surface area contributed by atoms with Gasteiger partial charge in [-0.25, -0.2) is 9.59 Å². The van der Waals surface area contributed by atoms with E-state index < -0.39 is 17.9 Å². The van der Waals surface area contributed by atoms with E-state index in [4.69, 9.17) is 10.8 Å². The molecular formula is C13H17N3O4. The summed E-state index contributed by atoms with van der Waals surface area (Å²) in [6.45, 7) is 2.10. The van der Waals surface area contributed by atoms with Crippen LogP contribution in [-0.4, -0.2) is 41.0 Å². The van der Waals surface area contributed by atoms with Crippen LogP contribution in [0.2, 0.25) is 0 Å². The molecule has 1 rings (SSSR count). The summed E-state index contributed by atoms with van der Waals surface area (Å²) in [5.41, 5.74) is 5.86. The highest BCUT2D eigenvalue weighted by atomic mass is 16.4. The highest BCUT2D eigenvalue weighted by Gasteiger charge is 2.13. The Hall–Kier alpha value is -2.57. The third-order valence-corrected chi connectivity index (χ3v) is 2.63. The molecule has 0 heterocycles. The first kappa shape index (κ1) is 15.5. The number of hydrogen-bond donors (Lipinski definition) is 3. The molecule has 3 amide bonds. The summed E-state index contributed by atoms with van der Waals surface area (Å²) in [5.74, 6) is -1.61. The van der Waals surface area contributed by atoms with E-state index in [0.29, 0.717) is 12.1 Å². The molecule has 0 saturated heterocycles. The monoisotopic (exact) mass is 279 g/mol. The first-order valence-electron chi connectivity index (χ1n) is 6.07. The van der Waals surface area contributed by atoms with Gasteiger partial charge in [0.15, 0.2) is 0 Å². The van der Waals surface area contributed by atoms with Gasteiger partial charge in [-0.1, -0.05) is 12.1 Å². The number of amides is 3. The van der Waals surface area contributed by atoms with Crippen molar-refractivity contribution in [3.05, 3.63) is 35.4 Å². The number of carbonyl (C=O) groups excluding carboxylic acids is 2. The second-order valence-corrected chi connectivity index (χ2v) is 4.14. The molecule has 0 atom stereocenters. The number of nitrogens with two attached hydrogens (primary N) is 1. The van der Waals surface area contributed by atoms with Crippen molar-refractivity contribution < 1.29 is 19.5 Å². The van der Waals surface area contributed by atoms with E-state index in [2.05, 4.69) is 5.32 Å². The van der Waals surface area contributed by atoms with Crippen molar-refractivity contribution in [3.63, 3.8) is 0 Å². The molecule has 7 nitrogen and oxygen atoms in total. The fourth-order valence-corrected chi connectivity index (χ4v) is 1.62. The van der Waals surface area contributed by atoms with Crippen molar-refractivity contribution in [1.29, 1.82) is 0 Å². The molecule has 4 N–H and O–H groups in total. The lowest BCUT2D eigenvalue weighted by atomic mass is 10.1. The van der Waals surface area contributed by atoms with Crippen LogP contribution >= 0.6 is 0 Å². The second-order valence-electron chi connectivity index (χ2n) is 4.14. The summed E-state index contributed by atoms with van der Waals surface area (Å²) in [7, 11) is 0. The SMILES string of the molecule is CCN(CC(N)=O)C(=O)NCc1cccc(C(=O)O)c1. The smallest absolute Gasteiger partial charge is 0.335 e. The van der Waals surface area contributed by atoms with Gasteiger partial charge in [0.1, 0.15) is 6.54 Å². The molecule has 7 heteroatoms. The van der Waals surface area contributed by atoms with E-state index in [1.807, 2.05) is 0 Å². The van der Waals surface area contributed by atoms with Gasteiger partial charge in [-0.15, -0.1) is 0 Å². The lowest BCUT2D eigenvalue weighted by Crippen LogP contribution is -2.43. The normalized spacial score (nSPS) is 9.85. The quantitative estimate of drug-likeness (QED) is 0.699. The Kier molecular flexibility index (Phi) is 5.52. The maximum Gasteiger partial charge on any atom is 0.335 e. The molecule has 0 aromatic heterocycles. The number of nitrogens with zero attached hydrogens (tertiary/aromatic N) is 1. The van der Waals surface area contributed by atoms with Crippen LogP contribution < -0.4 is 11.1 Å². The molecular weight excluding hydrogens is 262 g/mol. The van der Waals surface area contributed by atoms with Gasteiger partial charge in [-0.3, -0.25) is 4.79 Å². The highest BCUT2D eigenvalue weighted by molar-refractivity contribution is 5.87. The molecule has 0 saturated carbocycles. The van der Waals surface area contributed by atoms with E-state index in [9.17, 15) is 14.4 Å². The number of benzene rings is 1. The van der Waals surface area contributed by atoms with Crippen molar-refractivity contribution in [2.45, 2.75) is 13.5 Å². The summed E-state index contributed by atoms with van der Waals surface area (Å²) in [4.78, 5) is 34.7. The van der Waals surface area contributed by atoms with Gasteiger partial charge in [0.2, 0.25) is 5.91 Å². The van der Waals surface area contributed by atoms with Crippen molar-refractivity contribution in [2.24, 2.45) is 5.73 Å². The Bertz CT molecular complexity index is 516. The third kappa shape index (κ3) is 4.60. The summed E-state index contributed by atoms with van der Waals surface area (Å²) in [6.07, 6.45) is 0. The first-order valence-corrected chi connectivity index (χ1v) is 6.07. The number of carbonyl (C=O) groups is 3. The lowest BCUT2D eigenvalue weighted by Gasteiger charge is -2.19. The van der Waals surface area contributed by atoms with E-state index in [1.54, 1.807) is 19.1 Å². The number of carboxylic acid groups (broad SMARTS) is 1. The van der Waals surface area contributed by atoms with E-state index >= 15 is 0 Å². The van der Waals surface area contributed by atoms with Crippen molar-refractivity contribution in [3.8, 4) is 0 Å². The lowest BCUT2D eigenvalue weighted by molar-refractivity contribution is -0.118. The molecule has 0 aliphatic rings. The number of rotatable bonds is 6. The molecule has 0 unspecified atom stereocenters. The fourth-order valence-electron chi connectivity index (χ4n) is 1.62. The zero-order valence-electron chi connectivity index (χ0n) is 11.1. The van der Waals surface area contributed by atoms with E-state index in [1.165, 1.54) is 17.0 Å². The molecule has 0 fully saturated rings. The Labute approximate surface area is 116 Å². The maximum atomic E-state index is 11.8. The molecule has 0 aliphatic carbocycles. The number of hydrogen-bond acceptors (Lipinski definition) is 3. The standard InChI is InChI=1S/C13H17N3O4/c1-2-16(8-11(14)17)13(20)15-7-9-4-3-5-10(6-9)12(18)19/h3-6H,2,7-8H2,1H3,(H2,14,17)(H,15,20)(H,18,19). The highest BCUT2D eigenvalue weighted by Crippen LogP contribution is 2.05. The fraction of sp³-hybridized carbons (Fsp3) is 0.308.